The highest BCUT2D eigenvalue weighted by molar-refractivity contribution is 5.27. The number of halogens is 1. The Kier molecular flexibility index (Phi) is 4.55. The summed E-state index contributed by atoms with van der Waals surface area (Å²) in [6.07, 6.45) is 1.72. The molecule has 1 N–H and O–H groups in total. The van der Waals surface area contributed by atoms with Crippen molar-refractivity contribution in [1.82, 2.24) is 15.1 Å². The number of aromatic nitrogens is 2. The van der Waals surface area contributed by atoms with E-state index in [1.807, 2.05) is 30.9 Å². The average Bonchev–Trinajstić information content (AvgIpc) is 2.80. The van der Waals surface area contributed by atoms with Gasteiger partial charge in [0.25, 0.3) is 0 Å². The van der Waals surface area contributed by atoms with Crippen LogP contribution in [0.3, 0.4) is 0 Å². The minimum absolute atomic E-state index is 0.0882. The zero-order chi connectivity index (χ0) is 14.7. The first-order chi connectivity index (χ1) is 9.55. The monoisotopic (exact) mass is 275 g/mol. The van der Waals surface area contributed by atoms with Crippen molar-refractivity contribution in [1.29, 1.82) is 0 Å². The Balaban J connectivity index is 2.23. The highest BCUT2D eigenvalue weighted by Crippen LogP contribution is 2.21. The van der Waals surface area contributed by atoms with E-state index in [0.717, 1.165) is 29.8 Å². The zero-order valence-corrected chi connectivity index (χ0v) is 12.6. The predicted octanol–water partition coefficient (Wildman–Crippen LogP) is 2.93. The average molecular weight is 275 g/mol. The summed E-state index contributed by atoms with van der Waals surface area (Å²) >= 11 is 0. The number of rotatable bonds is 5. The van der Waals surface area contributed by atoms with Gasteiger partial charge in [0.05, 0.1) is 5.69 Å². The molecule has 0 aliphatic rings. The molecule has 0 saturated heterocycles. The van der Waals surface area contributed by atoms with Crippen LogP contribution in [0, 0.1) is 12.7 Å². The van der Waals surface area contributed by atoms with Crippen LogP contribution < -0.4 is 5.32 Å². The van der Waals surface area contributed by atoms with Gasteiger partial charge in [0.2, 0.25) is 0 Å². The molecule has 0 spiro atoms. The van der Waals surface area contributed by atoms with Crippen LogP contribution in [0.1, 0.15) is 35.5 Å². The first kappa shape index (κ1) is 14.7. The fraction of sp³-hybridized carbons (Fsp3) is 0.438. The van der Waals surface area contributed by atoms with Gasteiger partial charge in [-0.15, -0.1) is 0 Å². The van der Waals surface area contributed by atoms with E-state index in [1.54, 1.807) is 13.0 Å². The lowest BCUT2D eigenvalue weighted by molar-refractivity contribution is 0.552. The predicted molar refractivity (Wildman–Crippen MR) is 79.2 cm³/mol. The van der Waals surface area contributed by atoms with E-state index < -0.39 is 0 Å². The molecule has 3 nitrogen and oxygen atoms in total. The normalized spacial score (nSPS) is 12.7. The van der Waals surface area contributed by atoms with E-state index in [1.165, 1.54) is 0 Å². The SMILES string of the molecule is CCc1cc(CC(NC)c2ccc(C)c(F)c2)n(C)n1. The van der Waals surface area contributed by atoms with E-state index in [0.29, 0.717) is 5.56 Å². The largest absolute Gasteiger partial charge is 0.313 e. The molecule has 4 heteroatoms. The van der Waals surface area contributed by atoms with Gasteiger partial charge in [-0.3, -0.25) is 4.68 Å². The van der Waals surface area contributed by atoms with E-state index in [9.17, 15) is 4.39 Å². The molecule has 0 amide bonds. The summed E-state index contributed by atoms with van der Waals surface area (Å²) in [7, 11) is 3.86. The van der Waals surface area contributed by atoms with Crippen LogP contribution in [-0.2, 0) is 19.9 Å². The van der Waals surface area contributed by atoms with Crippen molar-refractivity contribution in [3.63, 3.8) is 0 Å². The maximum atomic E-state index is 13.7. The molecule has 1 aromatic heterocycles. The van der Waals surface area contributed by atoms with Gasteiger partial charge < -0.3 is 5.32 Å². The maximum Gasteiger partial charge on any atom is 0.126 e. The smallest absolute Gasteiger partial charge is 0.126 e. The summed E-state index contributed by atoms with van der Waals surface area (Å²) in [5.74, 6) is -0.151. The Morgan fingerprint density at radius 1 is 1.35 bits per heavy atom. The second kappa shape index (κ2) is 6.18. The Hall–Kier alpha value is -1.68. The molecule has 2 rings (SSSR count). The highest BCUT2D eigenvalue weighted by Gasteiger charge is 2.14. The van der Waals surface area contributed by atoms with Gasteiger partial charge in [0.1, 0.15) is 5.82 Å². The number of nitrogens with one attached hydrogen (secondary N) is 1. The van der Waals surface area contributed by atoms with Crippen molar-refractivity contribution >= 4 is 0 Å². The minimum Gasteiger partial charge on any atom is -0.313 e. The van der Waals surface area contributed by atoms with E-state index >= 15 is 0 Å². The first-order valence-electron chi connectivity index (χ1n) is 7.00. The fourth-order valence-corrected chi connectivity index (χ4v) is 2.36. The van der Waals surface area contributed by atoms with Gasteiger partial charge in [-0.1, -0.05) is 19.1 Å². The number of hydrogen-bond acceptors (Lipinski definition) is 2. The third-order valence-corrected chi connectivity index (χ3v) is 3.75. The van der Waals surface area contributed by atoms with Crippen LogP contribution in [0.2, 0.25) is 0 Å². The first-order valence-corrected chi connectivity index (χ1v) is 7.00. The van der Waals surface area contributed by atoms with Crippen molar-refractivity contribution < 1.29 is 4.39 Å². The Morgan fingerprint density at radius 3 is 2.65 bits per heavy atom. The zero-order valence-electron chi connectivity index (χ0n) is 12.6. The Bertz CT molecular complexity index is 589. The molecule has 0 aliphatic heterocycles. The summed E-state index contributed by atoms with van der Waals surface area (Å²) in [5.41, 5.74) is 3.89. The van der Waals surface area contributed by atoms with Crippen molar-refractivity contribution in [2.45, 2.75) is 32.7 Å². The summed E-state index contributed by atoms with van der Waals surface area (Å²) in [6.45, 7) is 3.87. The molecule has 1 heterocycles. The van der Waals surface area contributed by atoms with Crippen LogP contribution in [0.25, 0.3) is 0 Å². The molecule has 1 atom stereocenters. The molecule has 20 heavy (non-hydrogen) atoms. The third kappa shape index (κ3) is 3.07. The van der Waals surface area contributed by atoms with Crippen LogP contribution in [0.15, 0.2) is 24.3 Å². The molecule has 108 valence electrons. The summed E-state index contributed by atoms with van der Waals surface area (Å²) in [4.78, 5) is 0. The van der Waals surface area contributed by atoms with Gasteiger partial charge in [-0.05, 0) is 43.7 Å². The van der Waals surface area contributed by atoms with Crippen molar-refractivity contribution in [3.05, 3.63) is 52.6 Å². The van der Waals surface area contributed by atoms with Crippen molar-refractivity contribution in [3.8, 4) is 0 Å². The van der Waals surface area contributed by atoms with Crippen LogP contribution >= 0.6 is 0 Å². The number of benzene rings is 1. The van der Waals surface area contributed by atoms with Crippen molar-refractivity contribution in [2.24, 2.45) is 7.05 Å². The number of nitrogens with zero attached hydrogens (tertiary/aromatic N) is 2. The number of aryl methyl sites for hydroxylation is 3. The lowest BCUT2D eigenvalue weighted by atomic mass is 10.0. The molecule has 0 radical (unpaired) electrons. The molecule has 2 aromatic rings. The molecule has 1 unspecified atom stereocenters. The lowest BCUT2D eigenvalue weighted by Gasteiger charge is -2.17. The maximum absolute atomic E-state index is 13.7. The highest BCUT2D eigenvalue weighted by atomic mass is 19.1. The van der Waals surface area contributed by atoms with Gasteiger partial charge in [0, 0.05) is 25.2 Å². The summed E-state index contributed by atoms with van der Waals surface area (Å²) < 4.78 is 15.6. The Labute approximate surface area is 119 Å². The van der Waals surface area contributed by atoms with Gasteiger partial charge in [0.15, 0.2) is 0 Å². The van der Waals surface area contributed by atoms with Gasteiger partial charge in [-0.25, -0.2) is 4.39 Å². The molecule has 0 saturated carbocycles. The van der Waals surface area contributed by atoms with Crippen molar-refractivity contribution in [2.75, 3.05) is 7.05 Å². The molecule has 0 aliphatic carbocycles. The third-order valence-electron chi connectivity index (χ3n) is 3.75. The summed E-state index contributed by atoms with van der Waals surface area (Å²) in [5, 5.41) is 7.72. The Morgan fingerprint density at radius 2 is 2.10 bits per heavy atom. The van der Waals surface area contributed by atoms with E-state index in [-0.39, 0.29) is 11.9 Å². The topological polar surface area (TPSA) is 29.9 Å². The summed E-state index contributed by atoms with van der Waals surface area (Å²) in [6, 6.07) is 7.64. The lowest BCUT2D eigenvalue weighted by Crippen LogP contribution is -2.20. The fourth-order valence-electron chi connectivity index (χ4n) is 2.36. The quantitative estimate of drug-likeness (QED) is 0.909. The van der Waals surface area contributed by atoms with Gasteiger partial charge >= 0.3 is 0 Å². The number of hydrogen-bond donors (Lipinski definition) is 1. The minimum atomic E-state index is -0.151. The molecular formula is C16H22FN3. The second-order valence-corrected chi connectivity index (χ2v) is 5.16. The van der Waals surface area contributed by atoms with Gasteiger partial charge in [-0.2, -0.15) is 5.10 Å². The van der Waals surface area contributed by atoms with E-state index in [2.05, 4.69) is 23.4 Å². The van der Waals surface area contributed by atoms with Crippen LogP contribution in [0.5, 0.6) is 0 Å². The number of likely N-dealkylation sites (N-methyl/N-ethyl adjacent to an activating group) is 1. The standard InChI is InChI=1S/C16H22FN3/c1-5-13-9-14(20(4)19-13)10-16(18-3)12-7-6-11(2)15(17)8-12/h6-9,16,18H,5,10H2,1-4H3. The van der Waals surface area contributed by atoms with Crippen LogP contribution in [-0.4, -0.2) is 16.8 Å². The second-order valence-electron chi connectivity index (χ2n) is 5.16. The molecule has 0 fully saturated rings. The molecule has 0 bridgehead atoms. The molecule has 1 aromatic carbocycles. The van der Waals surface area contributed by atoms with E-state index in [4.69, 9.17) is 0 Å². The molecular weight excluding hydrogens is 253 g/mol. The van der Waals surface area contributed by atoms with Crippen LogP contribution in [0.4, 0.5) is 4.39 Å².